The number of carbonyl (C=O) groups excluding carboxylic acids is 1. The van der Waals surface area contributed by atoms with Crippen molar-refractivity contribution >= 4 is 21.6 Å². The Morgan fingerprint density at radius 3 is 2.37 bits per heavy atom. The molecule has 1 fully saturated rings. The van der Waals surface area contributed by atoms with E-state index < -0.39 is 10.0 Å². The first-order chi connectivity index (χ1) is 12.9. The summed E-state index contributed by atoms with van der Waals surface area (Å²) in [5.41, 5.74) is 1.16. The van der Waals surface area contributed by atoms with E-state index in [0.29, 0.717) is 23.7 Å². The average molecular weight is 387 g/mol. The summed E-state index contributed by atoms with van der Waals surface area (Å²) in [5, 5.41) is 0. The smallest absolute Gasteiger partial charge is 0.264 e. The number of piperidine rings is 1. The molecule has 2 aromatic rings. The van der Waals surface area contributed by atoms with Crippen LogP contribution >= 0.6 is 0 Å². The third-order valence-corrected chi connectivity index (χ3v) is 6.88. The number of hydrogen-bond acceptors (Lipinski definition) is 3. The van der Waals surface area contributed by atoms with Gasteiger partial charge in [0.05, 0.1) is 10.6 Å². The Bertz CT molecular complexity index is 879. The van der Waals surface area contributed by atoms with E-state index in [1.165, 1.54) is 16.4 Å². The van der Waals surface area contributed by atoms with Gasteiger partial charge < -0.3 is 4.90 Å². The first-order valence-electron chi connectivity index (χ1n) is 9.40. The average Bonchev–Trinajstić information content (AvgIpc) is 2.69. The van der Waals surface area contributed by atoms with E-state index in [-0.39, 0.29) is 10.8 Å². The standard InChI is InChI=1S/C21H26N2O3S/c1-3-23(19-9-5-4-6-10-19)27(25,26)20-13-11-18(12-14-20)21(24)22-15-7-8-17(2)16-22/h4-6,9-14,17H,3,7-8,15-16H2,1-2H3. The van der Waals surface area contributed by atoms with Gasteiger partial charge in [0.15, 0.2) is 0 Å². The zero-order chi connectivity index (χ0) is 19.4. The van der Waals surface area contributed by atoms with Crippen molar-refractivity contribution in [2.75, 3.05) is 23.9 Å². The topological polar surface area (TPSA) is 57.7 Å². The number of anilines is 1. The Balaban J connectivity index is 1.82. The van der Waals surface area contributed by atoms with Gasteiger partial charge in [-0.1, -0.05) is 25.1 Å². The van der Waals surface area contributed by atoms with Crippen molar-refractivity contribution < 1.29 is 13.2 Å². The Kier molecular flexibility index (Phi) is 5.85. The Morgan fingerprint density at radius 1 is 1.11 bits per heavy atom. The van der Waals surface area contributed by atoms with Crippen molar-refractivity contribution in [3.8, 4) is 0 Å². The molecule has 1 atom stereocenters. The van der Waals surface area contributed by atoms with Crippen molar-refractivity contribution in [1.29, 1.82) is 0 Å². The molecule has 0 radical (unpaired) electrons. The molecular formula is C21H26N2O3S. The first-order valence-corrected chi connectivity index (χ1v) is 10.8. The number of hydrogen-bond donors (Lipinski definition) is 0. The maximum absolute atomic E-state index is 13.0. The minimum absolute atomic E-state index is 0.0269. The van der Waals surface area contributed by atoms with Gasteiger partial charge in [-0.15, -0.1) is 0 Å². The highest BCUT2D eigenvalue weighted by molar-refractivity contribution is 7.92. The zero-order valence-electron chi connectivity index (χ0n) is 15.8. The third kappa shape index (κ3) is 4.16. The Morgan fingerprint density at radius 2 is 1.78 bits per heavy atom. The predicted octanol–water partition coefficient (Wildman–Crippen LogP) is 3.77. The fourth-order valence-corrected chi connectivity index (χ4v) is 5.01. The van der Waals surface area contributed by atoms with Crippen molar-refractivity contribution in [2.24, 2.45) is 5.92 Å². The molecule has 1 aliphatic heterocycles. The summed E-state index contributed by atoms with van der Waals surface area (Å²) < 4.78 is 27.4. The van der Waals surface area contributed by atoms with Crippen LogP contribution in [-0.2, 0) is 10.0 Å². The van der Waals surface area contributed by atoms with Crippen LogP contribution in [0.25, 0.3) is 0 Å². The lowest BCUT2D eigenvalue weighted by atomic mass is 9.99. The van der Waals surface area contributed by atoms with E-state index in [2.05, 4.69) is 6.92 Å². The minimum atomic E-state index is -3.67. The third-order valence-electron chi connectivity index (χ3n) is 4.96. The number of sulfonamides is 1. The summed E-state index contributed by atoms with van der Waals surface area (Å²) in [6.45, 7) is 5.81. The van der Waals surface area contributed by atoms with Gasteiger partial charge in [0.25, 0.3) is 15.9 Å². The number of para-hydroxylation sites is 1. The molecule has 1 unspecified atom stereocenters. The largest absolute Gasteiger partial charge is 0.338 e. The lowest BCUT2D eigenvalue weighted by molar-refractivity contribution is 0.0683. The number of amides is 1. The summed E-state index contributed by atoms with van der Waals surface area (Å²) >= 11 is 0. The van der Waals surface area contributed by atoms with Crippen LogP contribution in [-0.4, -0.2) is 38.9 Å². The summed E-state index contributed by atoms with van der Waals surface area (Å²) in [4.78, 5) is 14.7. The normalized spacial score (nSPS) is 17.6. The molecule has 1 heterocycles. The molecule has 0 saturated carbocycles. The number of benzene rings is 2. The Labute approximate surface area is 161 Å². The van der Waals surface area contributed by atoms with Gasteiger partial charge in [0, 0.05) is 25.2 Å². The minimum Gasteiger partial charge on any atom is -0.338 e. The van der Waals surface area contributed by atoms with Crippen LogP contribution in [0.4, 0.5) is 5.69 Å². The fourth-order valence-electron chi connectivity index (χ4n) is 3.54. The number of nitrogens with zero attached hydrogens (tertiary/aromatic N) is 2. The molecule has 144 valence electrons. The second-order valence-electron chi connectivity index (χ2n) is 7.03. The Hall–Kier alpha value is -2.34. The van der Waals surface area contributed by atoms with E-state index in [1.54, 1.807) is 31.2 Å². The van der Waals surface area contributed by atoms with Crippen LogP contribution in [0.3, 0.4) is 0 Å². The summed E-state index contributed by atoms with van der Waals surface area (Å²) in [6.07, 6.45) is 2.16. The van der Waals surface area contributed by atoms with Crippen LogP contribution in [0.5, 0.6) is 0 Å². The van der Waals surface area contributed by atoms with Gasteiger partial charge in [-0.25, -0.2) is 8.42 Å². The van der Waals surface area contributed by atoms with E-state index >= 15 is 0 Å². The quantitative estimate of drug-likeness (QED) is 0.786. The van der Waals surface area contributed by atoms with Gasteiger partial charge in [-0.05, 0) is 62.1 Å². The van der Waals surface area contributed by atoms with E-state index in [4.69, 9.17) is 0 Å². The molecule has 1 saturated heterocycles. The van der Waals surface area contributed by atoms with Gasteiger partial charge in [-0.3, -0.25) is 9.10 Å². The predicted molar refractivity (Wildman–Crippen MR) is 107 cm³/mol. The highest BCUT2D eigenvalue weighted by Crippen LogP contribution is 2.24. The molecule has 0 N–H and O–H groups in total. The van der Waals surface area contributed by atoms with Crippen molar-refractivity contribution in [3.05, 3.63) is 60.2 Å². The highest BCUT2D eigenvalue weighted by atomic mass is 32.2. The van der Waals surface area contributed by atoms with Gasteiger partial charge in [0.1, 0.15) is 0 Å². The highest BCUT2D eigenvalue weighted by Gasteiger charge is 2.25. The molecule has 27 heavy (non-hydrogen) atoms. The van der Waals surface area contributed by atoms with Crippen LogP contribution in [0, 0.1) is 5.92 Å². The van der Waals surface area contributed by atoms with Crippen LogP contribution in [0.2, 0.25) is 0 Å². The zero-order valence-corrected chi connectivity index (χ0v) is 16.7. The molecule has 0 spiro atoms. The van der Waals surface area contributed by atoms with Crippen molar-refractivity contribution in [3.63, 3.8) is 0 Å². The van der Waals surface area contributed by atoms with E-state index in [9.17, 15) is 13.2 Å². The number of rotatable bonds is 5. The number of likely N-dealkylation sites (tertiary alicyclic amines) is 1. The maximum atomic E-state index is 13.0. The summed E-state index contributed by atoms with van der Waals surface area (Å²) in [6, 6.07) is 15.3. The lowest BCUT2D eigenvalue weighted by Crippen LogP contribution is -2.39. The molecule has 1 aliphatic rings. The van der Waals surface area contributed by atoms with Crippen LogP contribution in [0.15, 0.2) is 59.5 Å². The molecule has 0 aromatic heterocycles. The maximum Gasteiger partial charge on any atom is 0.264 e. The van der Waals surface area contributed by atoms with Gasteiger partial charge in [-0.2, -0.15) is 0 Å². The van der Waals surface area contributed by atoms with Gasteiger partial charge in [0.2, 0.25) is 0 Å². The summed E-state index contributed by atoms with van der Waals surface area (Å²) in [7, 11) is -3.67. The van der Waals surface area contributed by atoms with E-state index in [1.807, 2.05) is 23.1 Å². The van der Waals surface area contributed by atoms with E-state index in [0.717, 1.165) is 25.9 Å². The molecule has 2 aromatic carbocycles. The van der Waals surface area contributed by atoms with Crippen molar-refractivity contribution in [2.45, 2.75) is 31.6 Å². The monoisotopic (exact) mass is 386 g/mol. The van der Waals surface area contributed by atoms with Crippen molar-refractivity contribution in [1.82, 2.24) is 4.90 Å². The van der Waals surface area contributed by atoms with Crippen LogP contribution < -0.4 is 4.31 Å². The fraction of sp³-hybridized carbons (Fsp3) is 0.381. The molecule has 0 aliphatic carbocycles. The number of carbonyl (C=O) groups is 1. The first kappa shape index (κ1) is 19.4. The lowest BCUT2D eigenvalue weighted by Gasteiger charge is -2.31. The summed E-state index contributed by atoms with van der Waals surface area (Å²) in [5.74, 6) is 0.479. The molecule has 5 nitrogen and oxygen atoms in total. The second kappa shape index (κ2) is 8.13. The molecular weight excluding hydrogens is 360 g/mol. The van der Waals surface area contributed by atoms with Crippen LogP contribution in [0.1, 0.15) is 37.0 Å². The second-order valence-corrected chi connectivity index (χ2v) is 8.89. The molecule has 0 bridgehead atoms. The SMILES string of the molecule is CCN(c1ccccc1)S(=O)(=O)c1ccc(C(=O)N2CCCC(C)C2)cc1. The molecule has 1 amide bonds. The molecule has 3 rings (SSSR count). The molecule has 6 heteroatoms. The van der Waals surface area contributed by atoms with Gasteiger partial charge >= 0.3 is 0 Å².